The number of rotatable bonds is 7. The van der Waals surface area contributed by atoms with Crippen molar-refractivity contribution in [1.82, 2.24) is 14.9 Å². The second kappa shape index (κ2) is 9.20. The Kier molecular flexibility index (Phi) is 7.82. The van der Waals surface area contributed by atoms with Crippen molar-refractivity contribution in [2.45, 2.75) is 30.7 Å². The molecule has 0 fully saturated rings. The lowest BCUT2D eigenvalue weighted by atomic mass is 9.97. The molecule has 4 N–H and O–H groups in total. The van der Waals surface area contributed by atoms with Crippen LogP contribution in [0.4, 0.5) is 13.2 Å². The van der Waals surface area contributed by atoms with Crippen LogP contribution in [-0.4, -0.2) is 39.3 Å². The van der Waals surface area contributed by atoms with Crippen molar-refractivity contribution in [3.05, 3.63) is 54.1 Å². The molecule has 0 saturated heterocycles. The van der Waals surface area contributed by atoms with Crippen LogP contribution < -0.4 is 11.1 Å². The van der Waals surface area contributed by atoms with Gasteiger partial charge in [-0.2, -0.15) is 13.2 Å². The highest BCUT2D eigenvalue weighted by Crippen LogP contribution is 2.40. The Morgan fingerprint density at radius 2 is 1.96 bits per heavy atom. The van der Waals surface area contributed by atoms with Crippen molar-refractivity contribution < 1.29 is 23.1 Å². The molecule has 0 aliphatic carbocycles. The molecule has 0 saturated carbocycles. The average Bonchev–Trinajstić information content (AvgIpc) is 3.01. The van der Waals surface area contributed by atoms with E-state index in [0.29, 0.717) is 0 Å². The fraction of sp³-hybridized carbons (Fsp3) is 0.412. The Morgan fingerprint density at radius 3 is 2.48 bits per heavy atom. The molecule has 0 aliphatic heterocycles. The lowest BCUT2D eigenvalue weighted by molar-refractivity contribution is -0.272. The predicted octanol–water partition coefficient (Wildman–Crippen LogP) is 1.67. The van der Waals surface area contributed by atoms with E-state index in [9.17, 15) is 23.1 Å². The molecule has 0 radical (unpaired) electrons. The highest BCUT2D eigenvalue weighted by Gasteiger charge is 2.57. The van der Waals surface area contributed by atoms with Gasteiger partial charge in [0, 0.05) is 32.4 Å². The van der Waals surface area contributed by atoms with Crippen LogP contribution in [0.1, 0.15) is 17.8 Å². The van der Waals surface area contributed by atoms with E-state index in [-0.39, 0.29) is 18.8 Å². The molecule has 1 aromatic carbocycles. The van der Waals surface area contributed by atoms with Crippen LogP contribution in [0.3, 0.4) is 0 Å². The first kappa shape index (κ1) is 22.9. The first-order valence-corrected chi connectivity index (χ1v) is 7.99. The van der Waals surface area contributed by atoms with Gasteiger partial charge in [-0.3, -0.25) is 4.79 Å². The maximum absolute atomic E-state index is 13.4. The van der Waals surface area contributed by atoms with E-state index in [0.717, 1.165) is 10.1 Å². The lowest BCUT2D eigenvalue weighted by Crippen LogP contribution is -2.48. The predicted molar refractivity (Wildman–Crippen MR) is 96.2 cm³/mol. The third-order valence-electron chi connectivity index (χ3n) is 4.08. The molecule has 0 spiro atoms. The van der Waals surface area contributed by atoms with Crippen LogP contribution in [0.5, 0.6) is 0 Å². The number of benzene rings is 1. The summed E-state index contributed by atoms with van der Waals surface area (Å²) in [5.41, 5.74) is 3.47. The van der Waals surface area contributed by atoms with Crippen molar-refractivity contribution in [3.8, 4) is 0 Å². The summed E-state index contributed by atoms with van der Waals surface area (Å²) in [6.07, 6.45) is -2.98. The number of hydrogen-bond donors (Lipinski definition) is 3. The molecule has 2 aromatic rings. The van der Waals surface area contributed by atoms with Gasteiger partial charge in [0.05, 0.1) is 6.04 Å². The number of aliphatic hydroxyl groups is 1. The second-order valence-corrected chi connectivity index (χ2v) is 6.06. The standard InChI is InChI=1S/C17H21F3N4O2.ClH/c1-24-10-9-23-15(24)16(26,17(18,19)20)7-8-22-14(25)13(21)11-12-5-3-2-4-6-12;/h2-6,9-10,13,26H,7-8,11,21H2,1H3,(H,22,25);1H/t13-,16?;/m0./s1. The Hall–Kier alpha value is -2.10. The molecular weight excluding hydrogens is 385 g/mol. The van der Waals surface area contributed by atoms with Crippen LogP contribution >= 0.6 is 12.4 Å². The third-order valence-corrected chi connectivity index (χ3v) is 4.08. The molecule has 0 aliphatic rings. The number of carbonyl (C=O) groups excluding carboxylic acids is 1. The Bertz CT molecular complexity index is 739. The van der Waals surface area contributed by atoms with Gasteiger partial charge in [-0.1, -0.05) is 30.3 Å². The van der Waals surface area contributed by atoms with Crippen LogP contribution in [0.2, 0.25) is 0 Å². The number of aromatic nitrogens is 2. The molecule has 150 valence electrons. The van der Waals surface area contributed by atoms with Crippen molar-refractivity contribution >= 4 is 18.3 Å². The number of nitrogens with two attached hydrogens (primary N) is 1. The van der Waals surface area contributed by atoms with E-state index < -0.39 is 42.5 Å². The normalized spacial score (nSPS) is 14.7. The SMILES string of the molecule is Cl.Cn1ccnc1C(O)(CCNC(=O)[C@@H](N)Cc1ccccc1)C(F)(F)F. The lowest BCUT2D eigenvalue weighted by Gasteiger charge is -2.30. The Balaban J connectivity index is 0.00000364. The number of halogens is 4. The van der Waals surface area contributed by atoms with E-state index >= 15 is 0 Å². The summed E-state index contributed by atoms with van der Waals surface area (Å²) in [6.45, 7) is -0.399. The highest BCUT2D eigenvalue weighted by molar-refractivity contribution is 5.85. The first-order valence-electron chi connectivity index (χ1n) is 7.99. The van der Waals surface area contributed by atoms with E-state index in [4.69, 9.17) is 5.73 Å². The average molecular weight is 407 g/mol. The van der Waals surface area contributed by atoms with E-state index in [1.165, 1.54) is 19.4 Å². The van der Waals surface area contributed by atoms with Gasteiger partial charge in [-0.25, -0.2) is 4.98 Å². The van der Waals surface area contributed by atoms with Crippen LogP contribution in [0, 0.1) is 0 Å². The van der Waals surface area contributed by atoms with E-state index in [2.05, 4.69) is 10.3 Å². The molecule has 2 atom stereocenters. The van der Waals surface area contributed by atoms with Crippen molar-refractivity contribution in [2.24, 2.45) is 12.8 Å². The number of nitrogens with zero attached hydrogens (tertiary/aromatic N) is 2. The third kappa shape index (κ3) is 5.44. The monoisotopic (exact) mass is 406 g/mol. The summed E-state index contributed by atoms with van der Waals surface area (Å²) in [5, 5.41) is 12.5. The number of nitrogens with one attached hydrogen (secondary N) is 1. The second-order valence-electron chi connectivity index (χ2n) is 6.06. The first-order chi connectivity index (χ1) is 12.1. The Morgan fingerprint density at radius 1 is 1.33 bits per heavy atom. The fourth-order valence-electron chi connectivity index (χ4n) is 2.60. The summed E-state index contributed by atoms with van der Waals surface area (Å²) < 4.78 is 41.2. The zero-order valence-corrected chi connectivity index (χ0v) is 15.4. The summed E-state index contributed by atoms with van der Waals surface area (Å²) in [4.78, 5) is 15.6. The largest absolute Gasteiger partial charge is 0.424 e. The topological polar surface area (TPSA) is 93.2 Å². The maximum Gasteiger partial charge on any atom is 0.424 e. The summed E-state index contributed by atoms with van der Waals surface area (Å²) >= 11 is 0. The number of hydrogen-bond acceptors (Lipinski definition) is 4. The van der Waals surface area contributed by atoms with Gasteiger partial charge in [0.2, 0.25) is 11.5 Å². The number of aryl methyl sites for hydroxylation is 1. The minimum Gasteiger partial charge on any atom is -0.374 e. The minimum absolute atomic E-state index is 0. The number of carbonyl (C=O) groups is 1. The van der Waals surface area contributed by atoms with Crippen LogP contribution in [0.25, 0.3) is 0 Å². The molecule has 1 aromatic heterocycles. The summed E-state index contributed by atoms with van der Waals surface area (Å²) in [6, 6.07) is 8.13. The molecule has 1 amide bonds. The van der Waals surface area contributed by atoms with Gasteiger partial charge in [-0.05, 0) is 12.0 Å². The van der Waals surface area contributed by atoms with E-state index in [1.807, 2.05) is 6.07 Å². The quantitative estimate of drug-likeness (QED) is 0.652. The van der Waals surface area contributed by atoms with Crippen molar-refractivity contribution in [2.75, 3.05) is 6.54 Å². The van der Waals surface area contributed by atoms with Crippen molar-refractivity contribution in [3.63, 3.8) is 0 Å². The van der Waals surface area contributed by atoms with Gasteiger partial charge >= 0.3 is 6.18 Å². The fourth-order valence-corrected chi connectivity index (χ4v) is 2.60. The minimum atomic E-state index is -4.94. The van der Waals surface area contributed by atoms with Gasteiger partial charge in [0.15, 0.2) is 0 Å². The number of imidazole rings is 1. The van der Waals surface area contributed by atoms with Gasteiger partial charge < -0.3 is 20.7 Å². The van der Waals surface area contributed by atoms with Gasteiger partial charge in [0.1, 0.15) is 5.82 Å². The number of amides is 1. The molecule has 27 heavy (non-hydrogen) atoms. The van der Waals surface area contributed by atoms with Gasteiger partial charge in [0.25, 0.3) is 0 Å². The zero-order valence-electron chi connectivity index (χ0n) is 14.6. The molecule has 6 nitrogen and oxygen atoms in total. The van der Waals surface area contributed by atoms with E-state index in [1.54, 1.807) is 24.3 Å². The number of alkyl halides is 3. The smallest absolute Gasteiger partial charge is 0.374 e. The van der Waals surface area contributed by atoms with Gasteiger partial charge in [-0.15, -0.1) is 12.4 Å². The molecule has 1 unspecified atom stereocenters. The molecule has 2 rings (SSSR count). The molecule has 10 heteroatoms. The maximum atomic E-state index is 13.4. The zero-order chi connectivity index (χ0) is 19.4. The highest BCUT2D eigenvalue weighted by atomic mass is 35.5. The van der Waals surface area contributed by atoms with Crippen molar-refractivity contribution in [1.29, 1.82) is 0 Å². The summed E-state index contributed by atoms with van der Waals surface area (Å²) in [5.74, 6) is -1.12. The van der Waals surface area contributed by atoms with Crippen LogP contribution in [0.15, 0.2) is 42.7 Å². The molecule has 1 heterocycles. The Labute approximate surface area is 161 Å². The van der Waals surface area contributed by atoms with Crippen LogP contribution in [-0.2, 0) is 23.9 Å². The molecular formula is C17H22ClF3N4O2. The molecule has 0 bridgehead atoms. The summed E-state index contributed by atoms with van der Waals surface area (Å²) in [7, 11) is 1.35.